The number of nitrogens with zero attached hydrogens (tertiary/aromatic N) is 1. The number of halogens is 4. The van der Waals surface area contributed by atoms with E-state index in [-0.39, 0.29) is 5.56 Å². The van der Waals surface area contributed by atoms with E-state index in [0.29, 0.717) is 9.80 Å². The van der Waals surface area contributed by atoms with Gasteiger partial charge in [-0.15, -0.1) is 0 Å². The molecule has 1 nitrogen and oxygen atoms in total. The van der Waals surface area contributed by atoms with Crippen molar-refractivity contribution in [2.24, 2.45) is 0 Å². The van der Waals surface area contributed by atoms with Gasteiger partial charge in [0.05, 0.1) is 5.56 Å². The summed E-state index contributed by atoms with van der Waals surface area (Å²) in [6.45, 7) is 1.79. The van der Waals surface area contributed by atoms with E-state index in [1.165, 1.54) is 6.20 Å². The molecule has 1 aromatic rings. The summed E-state index contributed by atoms with van der Waals surface area (Å²) in [5.41, 5.74) is 1.48. The van der Waals surface area contributed by atoms with Gasteiger partial charge in [-0.1, -0.05) is 15.9 Å². The van der Waals surface area contributed by atoms with Gasteiger partial charge in [-0.25, -0.2) is 8.78 Å². The maximum absolute atomic E-state index is 12.4. The van der Waals surface area contributed by atoms with Crippen molar-refractivity contribution in [1.29, 1.82) is 0 Å². The Hall–Kier alpha value is -0.0300. The summed E-state index contributed by atoms with van der Waals surface area (Å²) in [7, 11) is 0. The molecular formula is C8H7Br2F2N. The molecule has 1 rings (SSSR count). The summed E-state index contributed by atoms with van der Waals surface area (Å²) in [5.74, 6) is 0. The molecule has 0 aliphatic carbocycles. The van der Waals surface area contributed by atoms with Gasteiger partial charge in [0.15, 0.2) is 0 Å². The summed E-state index contributed by atoms with van der Waals surface area (Å²) in [6, 6.07) is 0. The summed E-state index contributed by atoms with van der Waals surface area (Å²) >= 11 is 6.37. The fourth-order valence-electron chi connectivity index (χ4n) is 0.942. The topological polar surface area (TPSA) is 12.9 Å². The zero-order valence-electron chi connectivity index (χ0n) is 6.82. The van der Waals surface area contributed by atoms with Gasteiger partial charge in [0.1, 0.15) is 0 Å². The maximum Gasteiger partial charge on any atom is 0.266 e. The molecule has 0 aliphatic heterocycles. The minimum absolute atomic E-state index is 0.0555. The minimum Gasteiger partial charge on any atom is -0.261 e. The first kappa shape index (κ1) is 11.0. The van der Waals surface area contributed by atoms with Crippen LogP contribution in [0.1, 0.15) is 23.2 Å². The Bertz CT molecular complexity index is 315. The molecule has 0 aliphatic rings. The number of alkyl halides is 3. The molecule has 0 saturated heterocycles. The van der Waals surface area contributed by atoms with E-state index in [2.05, 4.69) is 36.8 Å². The second-order valence-electron chi connectivity index (χ2n) is 2.53. The van der Waals surface area contributed by atoms with Crippen LogP contribution in [0.25, 0.3) is 0 Å². The Morgan fingerprint density at radius 1 is 1.54 bits per heavy atom. The van der Waals surface area contributed by atoms with Gasteiger partial charge >= 0.3 is 0 Å². The second-order valence-corrected chi connectivity index (χ2v) is 3.88. The Balaban J connectivity index is 3.27. The fourth-order valence-corrected chi connectivity index (χ4v) is 2.71. The molecule has 0 aromatic carbocycles. The monoisotopic (exact) mass is 313 g/mol. The van der Waals surface area contributed by atoms with Crippen LogP contribution in [0.5, 0.6) is 0 Å². The van der Waals surface area contributed by atoms with Gasteiger partial charge in [-0.2, -0.15) is 0 Å². The Labute approximate surface area is 91.8 Å². The summed E-state index contributed by atoms with van der Waals surface area (Å²) in [4.78, 5) is 3.89. The first-order valence-corrected chi connectivity index (χ1v) is 5.47. The van der Waals surface area contributed by atoms with E-state index in [1.807, 2.05) is 0 Å². The van der Waals surface area contributed by atoms with E-state index in [4.69, 9.17) is 0 Å². The van der Waals surface area contributed by atoms with Gasteiger partial charge in [0, 0.05) is 21.7 Å². The standard InChI is InChI=1S/C8H7Br2F2N/c1-4-5(2-9)7(10)6(3-13-4)8(11)12/h3,8H,2H2,1H3. The number of hydrogen-bond acceptors (Lipinski definition) is 1. The zero-order chi connectivity index (χ0) is 10.0. The summed E-state index contributed by atoms with van der Waals surface area (Å²) in [6.07, 6.45) is -1.28. The van der Waals surface area contributed by atoms with Gasteiger partial charge in [0.2, 0.25) is 0 Å². The van der Waals surface area contributed by atoms with Crippen molar-refractivity contribution in [2.75, 3.05) is 0 Å². The van der Waals surface area contributed by atoms with E-state index in [9.17, 15) is 8.78 Å². The van der Waals surface area contributed by atoms with Gasteiger partial charge in [-0.05, 0) is 28.4 Å². The predicted molar refractivity (Wildman–Crippen MR) is 54.3 cm³/mol. The molecule has 0 saturated carbocycles. The third kappa shape index (κ3) is 2.26. The summed E-state index contributed by atoms with van der Waals surface area (Å²) < 4.78 is 25.2. The Morgan fingerprint density at radius 2 is 2.15 bits per heavy atom. The maximum atomic E-state index is 12.4. The predicted octanol–water partition coefficient (Wildman–Crippen LogP) is 3.99. The van der Waals surface area contributed by atoms with Crippen LogP contribution in [0.4, 0.5) is 8.78 Å². The largest absolute Gasteiger partial charge is 0.266 e. The zero-order valence-corrected chi connectivity index (χ0v) is 9.99. The molecule has 13 heavy (non-hydrogen) atoms. The first-order valence-electron chi connectivity index (χ1n) is 3.56. The molecule has 0 spiro atoms. The Kier molecular flexibility index (Phi) is 3.79. The number of aryl methyl sites for hydroxylation is 1. The lowest BCUT2D eigenvalue weighted by atomic mass is 10.2. The third-order valence-corrected chi connectivity index (χ3v) is 3.22. The molecule has 5 heteroatoms. The van der Waals surface area contributed by atoms with Crippen LogP contribution in [-0.2, 0) is 5.33 Å². The SMILES string of the molecule is Cc1ncc(C(F)F)c(Br)c1CBr. The number of aromatic nitrogens is 1. The molecule has 72 valence electrons. The lowest BCUT2D eigenvalue weighted by molar-refractivity contribution is 0.150. The highest BCUT2D eigenvalue weighted by Crippen LogP contribution is 2.31. The van der Waals surface area contributed by atoms with Crippen molar-refractivity contribution >= 4 is 31.9 Å². The van der Waals surface area contributed by atoms with Crippen molar-refractivity contribution in [1.82, 2.24) is 4.98 Å². The van der Waals surface area contributed by atoms with Crippen molar-refractivity contribution in [3.63, 3.8) is 0 Å². The van der Waals surface area contributed by atoms with Crippen molar-refractivity contribution in [2.45, 2.75) is 18.7 Å². The van der Waals surface area contributed by atoms with Crippen LogP contribution in [0, 0.1) is 6.92 Å². The molecule has 0 bridgehead atoms. The van der Waals surface area contributed by atoms with E-state index >= 15 is 0 Å². The quantitative estimate of drug-likeness (QED) is 0.752. The molecule has 0 radical (unpaired) electrons. The molecule has 0 unspecified atom stereocenters. The molecule has 1 aromatic heterocycles. The van der Waals surface area contributed by atoms with Crippen LogP contribution >= 0.6 is 31.9 Å². The van der Waals surface area contributed by atoms with Gasteiger partial charge in [0.25, 0.3) is 6.43 Å². The minimum atomic E-state index is -2.49. The van der Waals surface area contributed by atoms with Crippen LogP contribution in [0.2, 0.25) is 0 Å². The third-order valence-electron chi connectivity index (χ3n) is 1.72. The van der Waals surface area contributed by atoms with Crippen LogP contribution in [0.3, 0.4) is 0 Å². The number of rotatable bonds is 2. The fraction of sp³-hybridized carbons (Fsp3) is 0.375. The second kappa shape index (κ2) is 4.46. The first-order chi connectivity index (χ1) is 6.07. The van der Waals surface area contributed by atoms with E-state index < -0.39 is 6.43 Å². The van der Waals surface area contributed by atoms with Gasteiger partial charge in [-0.3, -0.25) is 4.98 Å². The number of hydrogen-bond donors (Lipinski definition) is 0. The summed E-state index contributed by atoms with van der Waals surface area (Å²) in [5, 5.41) is 0.521. The van der Waals surface area contributed by atoms with Crippen molar-refractivity contribution in [3.05, 3.63) is 27.5 Å². The highest BCUT2D eigenvalue weighted by atomic mass is 79.9. The van der Waals surface area contributed by atoms with Crippen LogP contribution < -0.4 is 0 Å². The highest BCUT2D eigenvalue weighted by molar-refractivity contribution is 9.10. The molecule has 0 atom stereocenters. The van der Waals surface area contributed by atoms with Gasteiger partial charge < -0.3 is 0 Å². The smallest absolute Gasteiger partial charge is 0.261 e. The van der Waals surface area contributed by atoms with Crippen molar-refractivity contribution in [3.8, 4) is 0 Å². The molecular weight excluding hydrogens is 308 g/mol. The Morgan fingerprint density at radius 3 is 2.62 bits per heavy atom. The van der Waals surface area contributed by atoms with Crippen molar-refractivity contribution < 1.29 is 8.78 Å². The molecule has 0 amide bonds. The van der Waals surface area contributed by atoms with Crippen LogP contribution in [-0.4, -0.2) is 4.98 Å². The van der Waals surface area contributed by atoms with Crippen LogP contribution in [0.15, 0.2) is 10.7 Å². The number of pyridine rings is 1. The normalized spacial score (nSPS) is 10.9. The average Bonchev–Trinajstić information content (AvgIpc) is 2.04. The highest BCUT2D eigenvalue weighted by Gasteiger charge is 2.16. The molecule has 0 fully saturated rings. The molecule has 1 heterocycles. The molecule has 0 N–H and O–H groups in total. The average molecular weight is 315 g/mol. The van der Waals surface area contributed by atoms with E-state index in [1.54, 1.807) is 6.92 Å². The van der Waals surface area contributed by atoms with E-state index in [0.717, 1.165) is 11.3 Å². The lowest BCUT2D eigenvalue weighted by Gasteiger charge is -2.08. The lowest BCUT2D eigenvalue weighted by Crippen LogP contribution is -1.97.